The van der Waals surface area contributed by atoms with Gasteiger partial charge in [-0.1, -0.05) is 6.58 Å². The van der Waals surface area contributed by atoms with Crippen molar-refractivity contribution in [1.82, 2.24) is 5.32 Å². The van der Waals surface area contributed by atoms with Gasteiger partial charge in [0.25, 0.3) is 0 Å². The van der Waals surface area contributed by atoms with Gasteiger partial charge in [0.05, 0.1) is 28.7 Å². The van der Waals surface area contributed by atoms with Crippen LogP contribution in [0.25, 0.3) is 0 Å². The summed E-state index contributed by atoms with van der Waals surface area (Å²) in [6.45, 7) is 12.0. The third kappa shape index (κ3) is 7.02. The van der Waals surface area contributed by atoms with E-state index in [2.05, 4.69) is 11.9 Å². The lowest BCUT2D eigenvalue weighted by atomic mass is 10.1. The first-order chi connectivity index (χ1) is 9.12. The van der Waals surface area contributed by atoms with Crippen LogP contribution in [-0.4, -0.2) is 49.3 Å². The lowest BCUT2D eigenvalue weighted by Crippen LogP contribution is -3.19. The van der Waals surface area contributed by atoms with E-state index in [9.17, 15) is 17.8 Å². The highest BCUT2D eigenvalue weighted by Gasteiger charge is 2.27. The van der Waals surface area contributed by atoms with Crippen LogP contribution in [0.15, 0.2) is 12.7 Å². The van der Waals surface area contributed by atoms with Gasteiger partial charge in [0.15, 0.2) is 0 Å². The molecular weight excluding hydrogens is 280 g/mol. The van der Waals surface area contributed by atoms with E-state index in [1.165, 1.54) is 6.08 Å². The molecule has 0 radical (unpaired) electrons. The second-order valence-electron chi connectivity index (χ2n) is 5.17. The zero-order valence-corrected chi connectivity index (χ0v) is 13.5. The standard InChI is InChI=1S/C13H26N2O4S/c1-6-13(16)14-11(4)12(5)15(7-2)10(3)8-9-20(17,18)19/h6,10-12H,1,7-9H2,2-5H3,(H,14,16)(H,17,18,19). The average Bonchev–Trinajstić information content (AvgIpc) is 2.35. The van der Waals surface area contributed by atoms with E-state index in [4.69, 9.17) is 0 Å². The maximum absolute atomic E-state index is 11.3. The van der Waals surface area contributed by atoms with Crippen LogP contribution in [0.1, 0.15) is 34.1 Å². The second-order valence-corrected chi connectivity index (χ2v) is 6.69. The summed E-state index contributed by atoms with van der Waals surface area (Å²) in [5.74, 6) is -0.577. The zero-order chi connectivity index (χ0) is 15.9. The molecule has 0 bridgehead atoms. The van der Waals surface area contributed by atoms with Crippen molar-refractivity contribution in [2.45, 2.75) is 52.2 Å². The Hall–Kier alpha value is -0.920. The van der Waals surface area contributed by atoms with E-state index in [1.54, 1.807) is 0 Å². The summed E-state index contributed by atoms with van der Waals surface area (Å²) in [5.41, 5.74) is 0. The fourth-order valence-electron chi connectivity index (χ4n) is 2.36. The number of hydrogen-bond acceptors (Lipinski definition) is 4. The number of hydrogen-bond donors (Lipinski definition) is 2. The van der Waals surface area contributed by atoms with Crippen molar-refractivity contribution in [1.29, 1.82) is 0 Å². The summed E-state index contributed by atoms with van der Waals surface area (Å²) in [5, 5.41) is 2.81. The minimum Gasteiger partial charge on any atom is -0.748 e. The molecule has 7 heteroatoms. The van der Waals surface area contributed by atoms with Gasteiger partial charge in [0.2, 0.25) is 5.91 Å². The molecule has 0 heterocycles. The molecular formula is C13H26N2O4S. The van der Waals surface area contributed by atoms with Gasteiger partial charge in [-0.25, -0.2) is 8.42 Å². The molecule has 2 N–H and O–H groups in total. The van der Waals surface area contributed by atoms with Crippen LogP contribution in [0.3, 0.4) is 0 Å². The van der Waals surface area contributed by atoms with Crippen molar-refractivity contribution in [3.63, 3.8) is 0 Å². The summed E-state index contributed by atoms with van der Waals surface area (Å²) in [4.78, 5) is 12.5. The number of nitrogens with one attached hydrogen (secondary N) is 2. The van der Waals surface area contributed by atoms with E-state index in [1.807, 2.05) is 27.7 Å². The number of rotatable bonds is 9. The zero-order valence-electron chi connectivity index (χ0n) is 12.7. The number of likely N-dealkylation sites (N-methyl/N-ethyl adjacent to an activating group) is 1. The fraction of sp³-hybridized carbons (Fsp3) is 0.769. The first-order valence-electron chi connectivity index (χ1n) is 6.84. The predicted octanol–water partition coefficient (Wildman–Crippen LogP) is -0.706. The highest BCUT2D eigenvalue weighted by molar-refractivity contribution is 7.85. The van der Waals surface area contributed by atoms with Gasteiger partial charge in [0, 0.05) is 12.2 Å². The topological polar surface area (TPSA) is 90.7 Å². The van der Waals surface area contributed by atoms with Gasteiger partial charge in [-0.05, 0) is 33.8 Å². The summed E-state index contributed by atoms with van der Waals surface area (Å²) in [6, 6.07) is 0.0665. The highest BCUT2D eigenvalue weighted by Crippen LogP contribution is 1.96. The van der Waals surface area contributed by atoms with Gasteiger partial charge >= 0.3 is 0 Å². The van der Waals surface area contributed by atoms with Crippen molar-refractivity contribution in [3.8, 4) is 0 Å². The van der Waals surface area contributed by atoms with Crippen LogP contribution in [-0.2, 0) is 14.9 Å². The lowest BCUT2D eigenvalue weighted by Gasteiger charge is -2.34. The molecule has 1 amide bonds. The Morgan fingerprint density at radius 2 is 1.95 bits per heavy atom. The summed E-state index contributed by atoms with van der Waals surface area (Å²) in [6.07, 6.45) is 1.55. The van der Waals surface area contributed by atoms with Crippen LogP contribution in [0.2, 0.25) is 0 Å². The molecule has 0 aliphatic heterocycles. The maximum atomic E-state index is 11.3. The second kappa shape index (κ2) is 8.39. The summed E-state index contributed by atoms with van der Waals surface area (Å²) in [7, 11) is -4.18. The molecule has 20 heavy (non-hydrogen) atoms. The van der Waals surface area contributed by atoms with E-state index in [0.29, 0.717) is 6.42 Å². The molecule has 4 unspecified atom stereocenters. The predicted molar refractivity (Wildman–Crippen MR) is 77.4 cm³/mol. The maximum Gasteiger partial charge on any atom is 0.243 e. The van der Waals surface area contributed by atoms with Gasteiger partial charge in [-0.2, -0.15) is 0 Å². The molecule has 0 saturated heterocycles. The molecule has 0 aromatic heterocycles. The molecule has 6 nitrogen and oxygen atoms in total. The minimum atomic E-state index is -4.18. The quantitative estimate of drug-likeness (QED) is 0.435. The molecule has 0 rings (SSSR count). The molecule has 0 aliphatic rings. The smallest absolute Gasteiger partial charge is 0.243 e. The molecule has 0 saturated carbocycles. The molecule has 4 atom stereocenters. The molecule has 118 valence electrons. The van der Waals surface area contributed by atoms with Gasteiger partial charge in [0.1, 0.15) is 6.04 Å². The van der Waals surface area contributed by atoms with Gasteiger partial charge in [-0.3, -0.25) is 4.79 Å². The van der Waals surface area contributed by atoms with Crippen molar-refractivity contribution >= 4 is 16.0 Å². The van der Waals surface area contributed by atoms with Crippen LogP contribution >= 0.6 is 0 Å². The SMILES string of the molecule is C=CC(=O)NC(C)C(C)[NH+](CC)C(C)CCS(=O)(=O)[O-]. The van der Waals surface area contributed by atoms with E-state index in [0.717, 1.165) is 11.4 Å². The molecule has 0 spiro atoms. The Balaban J connectivity index is 4.63. The van der Waals surface area contributed by atoms with Crippen molar-refractivity contribution in [2.24, 2.45) is 0 Å². The minimum absolute atomic E-state index is 0.0295. The Bertz CT molecular complexity index is 422. The molecule has 0 aromatic rings. The Morgan fingerprint density at radius 1 is 1.40 bits per heavy atom. The fourth-order valence-corrected chi connectivity index (χ4v) is 3.00. The number of carbonyl (C=O) groups is 1. The van der Waals surface area contributed by atoms with E-state index in [-0.39, 0.29) is 29.8 Å². The average molecular weight is 306 g/mol. The lowest BCUT2D eigenvalue weighted by molar-refractivity contribution is -0.945. The summed E-state index contributed by atoms with van der Waals surface area (Å²) >= 11 is 0. The van der Waals surface area contributed by atoms with Gasteiger partial charge in [-0.15, -0.1) is 0 Å². The molecule has 0 aromatic carbocycles. The molecule has 0 aliphatic carbocycles. The van der Waals surface area contributed by atoms with Crippen LogP contribution in [0.5, 0.6) is 0 Å². The first-order valence-corrected chi connectivity index (χ1v) is 8.42. The Labute approximate surface area is 122 Å². The first kappa shape index (κ1) is 19.1. The monoisotopic (exact) mass is 306 g/mol. The Kier molecular flexibility index (Phi) is 8.00. The number of carbonyl (C=O) groups excluding carboxylic acids is 1. The number of amides is 1. The number of quaternary nitrogens is 1. The third-order valence-corrected chi connectivity index (χ3v) is 4.47. The van der Waals surface area contributed by atoms with E-state index >= 15 is 0 Å². The van der Waals surface area contributed by atoms with Crippen molar-refractivity contribution in [2.75, 3.05) is 12.3 Å². The van der Waals surface area contributed by atoms with Crippen LogP contribution in [0, 0.1) is 0 Å². The van der Waals surface area contributed by atoms with E-state index < -0.39 is 10.1 Å². The third-order valence-electron chi connectivity index (χ3n) is 3.73. The molecule has 0 fully saturated rings. The van der Waals surface area contributed by atoms with Crippen LogP contribution in [0.4, 0.5) is 0 Å². The Morgan fingerprint density at radius 3 is 2.35 bits per heavy atom. The summed E-state index contributed by atoms with van der Waals surface area (Å²) < 4.78 is 32.1. The van der Waals surface area contributed by atoms with Crippen LogP contribution < -0.4 is 10.2 Å². The van der Waals surface area contributed by atoms with Gasteiger partial charge < -0.3 is 14.8 Å². The highest BCUT2D eigenvalue weighted by atomic mass is 32.2. The van der Waals surface area contributed by atoms with Crippen molar-refractivity contribution < 1.29 is 22.7 Å². The van der Waals surface area contributed by atoms with Crippen molar-refractivity contribution in [3.05, 3.63) is 12.7 Å². The largest absolute Gasteiger partial charge is 0.748 e. The normalized spacial score (nSPS) is 17.9.